The maximum Gasteiger partial charge on any atom is 0.314 e. The number of amides is 2. The van der Waals surface area contributed by atoms with E-state index >= 15 is 0 Å². The van der Waals surface area contributed by atoms with Crippen LogP contribution in [0.15, 0.2) is 36.4 Å². The van der Waals surface area contributed by atoms with Crippen LogP contribution >= 0.6 is 11.6 Å². The number of carbonyl (C=O) groups is 2. The highest BCUT2D eigenvalue weighted by Crippen LogP contribution is 2.46. The first-order chi connectivity index (χ1) is 14.3. The predicted molar refractivity (Wildman–Crippen MR) is 120 cm³/mol. The third-order valence-corrected chi connectivity index (χ3v) is 6.44. The van der Waals surface area contributed by atoms with Gasteiger partial charge < -0.3 is 20.9 Å². The van der Waals surface area contributed by atoms with Crippen LogP contribution in [0, 0.1) is 5.41 Å². The summed E-state index contributed by atoms with van der Waals surface area (Å²) in [7, 11) is 0. The number of nitrogens with zero attached hydrogens (tertiary/aromatic N) is 2. The summed E-state index contributed by atoms with van der Waals surface area (Å²) in [5.41, 5.74) is 10.2. The fourth-order valence-corrected chi connectivity index (χ4v) is 4.90. The van der Waals surface area contributed by atoms with Gasteiger partial charge in [0.15, 0.2) is 6.29 Å². The topological polar surface area (TPSA) is 78.7 Å². The van der Waals surface area contributed by atoms with Crippen molar-refractivity contribution in [3.05, 3.63) is 58.1 Å². The van der Waals surface area contributed by atoms with E-state index in [2.05, 4.69) is 48.3 Å². The van der Waals surface area contributed by atoms with Gasteiger partial charge in [-0.05, 0) is 47.2 Å². The van der Waals surface area contributed by atoms with E-state index in [1.807, 2.05) is 6.07 Å². The van der Waals surface area contributed by atoms with Crippen molar-refractivity contribution < 1.29 is 9.59 Å². The van der Waals surface area contributed by atoms with Crippen LogP contribution in [0.25, 0.3) is 0 Å². The molecule has 158 valence electrons. The van der Waals surface area contributed by atoms with E-state index in [9.17, 15) is 9.59 Å². The molecule has 2 aromatic carbocycles. The quantitative estimate of drug-likeness (QED) is 0.724. The minimum absolute atomic E-state index is 0.0525. The van der Waals surface area contributed by atoms with Crippen molar-refractivity contribution in [1.29, 1.82) is 0 Å². The number of fused-ring (bicyclic) bond motifs is 1. The summed E-state index contributed by atoms with van der Waals surface area (Å²) in [6.45, 7) is 7.23. The van der Waals surface area contributed by atoms with Crippen LogP contribution < -0.4 is 16.0 Å². The molecule has 1 fully saturated rings. The van der Waals surface area contributed by atoms with Crippen molar-refractivity contribution in [1.82, 2.24) is 4.90 Å². The van der Waals surface area contributed by atoms with Crippen LogP contribution in [0.3, 0.4) is 0 Å². The lowest BCUT2D eigenvalue weighted by atomic mass is 9.72. The van der Waals surface area contributed by atoms with Gasteiger partial charge in [-0.3, -0.25) is 4.79 Å². The van der Waals surface area contributed by atoms with Crippen LogP contribution in [0.5, 0.6) is 0 Å². The Bertz CT molecular complexity index is 983. The first-order valence-corrected chi connectivity index (χ1v) is 10.6. The average Bonchev–Trinajstić information content (AvgIpc) is 2.72. The normalized spacial score (nSPS) is 20.3. The molecule has 1 unspecified atom stereocenters. The molecule has 0 bridgehead atoms. The third-order valence-electron chi connectivity index (χ3n) is 6.22. The van der Waals surface area contributed by atoms with Crippen LogP contribution in [0.2, 0.25) is 5.02 Å². The highest BCUT2D eigenvalue weighted by Gasteiger charge is 2.37. The molecule has 4 rings (SSSR count). The standard InChI is InChI=1S/C23H27ClN4O2/c1-23(2)13-16-10-18(24)11-17(14-29)20(16)26-21(23)15-4-3-5-19(12-15)27-6-8-28(9-7-27)22(25)30/h3-5,10-12,14,21,26H,6-9,13H2,1-2H3,(H2,25,30). The monoisotopic (exact) mass is 426 g/mol. The van der Waals surface area contributed by atoms with Crippen LogP contribution in [-0.2, 0) is 6.42 Å². The van der Waals surface area contributed by atoms with Crippen LogP contribution in [0.4, 0.5) is 16.2 Å². The molecule has 6 nitrogen and oxygen atoms in total. The SMILES string of the molecule is CC1(C)Cc2cc(Cl)cc(C=O)c2NC1c1cccc(N2CCN(C(N)=O)CC2)c1. The lowest BCUT2D eigenvalue weighted by molar-refractivity contribution is 0.112. The predicted octanol–water partition coefficient (Wildman–Crippen LogP) is 4.09. The van der Waals surface area contributed by atoms with Gasteiger partial charge in [0.25, 0.3) is 0 Å². The molecule has 7 heteroatoms. The summed E-state index contributed by atoms with van der Waals surface area (Å²) in [4.78, 5) is 27.0. The smallest absolute Gasteiger partial charge is 0.314 e. The molecule has 0 saturated carbocycles. The largest absolute Gasteiger partial charge is 0.377 e. The van der Waals surface area contributed by atoms with Crippen molar-refractivity contribution in [2.24, 2.45) is 11.1 Å². The van der Waals surface area contributed by atoms with Gasteiger partial charge in [0.05, 0.1) is 6.04 Å². The number of carbonyl (C=O) groups excluding carboxylic acids is 2. The highest BCUT2D eigenvalue weighted by molar-refractivity contribution is 6.31. The summed E-state index contributed by atoms with van der Waals surface area (Å²) < 4.78 is 0. The Morgan fingerprint density at radius 2 is 1.93 bits per heavy atom. The number of urea groups is 1. The Morgan fingerprint density at radius 1 is 1.20 bits per heavy atom. The van der Waals surface area contributed by atoms with Gasteiger partial charge in [0.2, 0.25) is 0 Å². The fourth-order valence-electron chi connectivity index (χ4n) is 4.65. The zero-order valence-electron chi connectivity index (χ0n) is 17.3. The van der Waals surface area contributed by atoms with Gasteiger partial charge in [0, 0.05) is 48.1 Å². The first kappa shape index (κ1) is 20.5. The molecule has 2 aromatic rings. The van der Waals surface area contributed by atoms with E-state index in [1.165, 1.54) is 5.56 Å². The van der Waals surface area contributed by atoms with E-state index in [0.717, 1.165) is 42.7 Å². The molecule has 2 heterocycles. The summed E-state index contributed by atoms with van der Waals surface area (Å²) in [5.74, 6) is 0. The summed E-state index contributed by atoms with van der Waals surface area (Å²) in [5, 5.41) is 4.21. The molecule has 1 saturated heterocycles. The molecule has 0 spiro atoms. The summed E-state index contributed by atoms with van der Waals surface area (Å²) in [6, 6.07) is 11.9. The fraction of sp³-hybridized carbons (Fsp3) is 0.391. The number of hydrogen-bond donors (Lipinski definition) is 2. The third kappa shape index (κ3) is 3.84. The minimum Gasteiger partial charge on any atom is -0.377 e. The Labute approximate surface area is 182 Å². The lowest BCUT2D eigenvalue weighted by Crippen LogP contribution is -2.50. The van der Waals surface area contributed by atoms with Crippen LogP contribution in [-0.4, -0.2) is 43.4 Å². The maximum absolute atomic E-state index is 11.6. The first-order valence-electron chi connectivity index (χ1n) is 10.2. The van der Waals surface area contributed by atoms with Gasteiger partial charge in [-0.2, -0.15) is 0 Å². The second-order valence-corrected chi connectivity index (χ2v) is 9.23. The zero-order valence-corrected chi connectivity index (χ0v) is 18.1. The molecular weight excluding hydrogens is 400 g/mol. The van der Waals surface area contributed by atoms with Crippen molar-refractivity contribution in [3.63, 3.8) is 0 Å². The number of primary amides is 1. The van der Waals surface area contributed by atoms with Gasteiger partial charge in [-0.1, -0.05) is 37.6 Å². The number of piperazine rings is 1. The molecule has 1 atom stereocenters. The Hall–Kier alpha value is -2.73. The average molecular weight is 427 g/mol. The van der Waals surface area contributed by atoms with Crippen molar-refractivity contribution in [2.45, 2.75) is 26.3 Å². The molecular formula is C23H27ClN4O2. The molecule has 2 aliphatic heterocycles. The van der Waals surface area contributed by atoms with Crippen molar-refractivity contribution >= 4 is 35.3 Å². The van der Waals surface area contributed by atoms with Gasteiger partial charge in [-0.15, -0.1) is 0 Å². The zero-order chi connectivity index (χ0) is 21.5. The maximum atomic E-state index is 11.6. The van der Waals surface area contributed by atoms with E-state index < -0.39 is 0 Å². The van der Waals surface area contributed by atoms with Gasteiger partial charge in [-0.25, -0.2) is 4.79 Å². The number of nitrogens with one attached hydrogen (secondary N) is 1. The van der Waals surface area contributed by atoms with Gasteiger partial charge in [0.1, 0.15) is 0 Å². The van der Waals surface area contributed by atoms with E-state index in [-0.39, 0.29) is 17.5 Å². The number of nitrogens with two attached hydrogens (primary N) is 1. The van der Waals surface area contributed by atoms with Gasteiger partial charge >= 0.3 is 6.03 Å². The van der Waals surface area contributed by atoms with E-state index in [4.69, 9.17) is 17.3 Å². The molecule has 30 heavy (non-hydrogen) atoms. The molecule has 0 aliphatic carbocycles. The molecule has 0 radical (unpaired) electrons. The Kier molecular flexibility index (Phi) is 5.36. The molecule has 2 aliphatic rings. The van der Waals surface area contributed by atoms with Crippen LogP contribution in [0.1, 0.15) is 41.4 Å². The van der Waals surface area contributed by atoms with Crippen molar-refractivity contribution in [2.75, 3.05) is 36.4 Å². The number of anilines is 2. The highest BCUT2D eigenvalue weighted by atomic mass is 35.5. The van der Waals surface area contributed by atoms with Crippen molar-refractivity contribution in [3.8, 4) is 0 Å². The summed E-state index contributed by atoms with van der Waals surface area (Å²) in [6.07, 6.45) is 1.69. The number of aldehydes is 1. The molecule has 0 aromatic heterocycles. The minimum atomic E-state index is -0.360. The Morgan fingerprint density at radius 3 is 2.60 bits per heavy atom. The van der Waals surface area contributed by atoms with E-state index in [0.29, 0.717) is 23.7 Å². The molecule has 3 N–H and O–H groups in total. The second kappa shape index (κ2) is 7.84. The Balaban J connectivity index is 1.62. The number of hydrogen-bond acceptors (Lipinski definition) is 4. The lowest BCUT2D eigenvalue weighted by Gasteiger charge is -2.42. The van der Waals surface area contributed by atoms with E-state index in [1.54, 1.807) is 11.0 Å². The molecule has 2 amide bonds. The second-order valence-electron chi connectivity index (χ2n) is 8.80. The number of halogens is 1. The summed E-state index contributed by atoms with van der Waals surface area (Å²) >= 11 is 6.22. The number of benzene rings is 2. The number of rotatable bonds is 3.